The van der Waals surface area contributed by atoms with Gasteiger partial charge >= 0.3 is 0 Å². The number of hydrogen-bond acceptors (Lipinski definition) is 4. The highest BCUT2D eigenvalue weighted by Gasteiger charge is 2.14. The number of carbonyl (C=O) groups excluding carboxylic acids is 1. The van der Waals surface area contributed by atoms with Gasteiger partial charge in [0.1, 0.15) is 5.82 Å². The van der Waals surface area contributed by atoms with Gasteiger partial charge in [0.05, 0.1) is 15.9 Å². The van der Waals surface area contributed by atoms with Crippen molar-refractivity contribution in [3.05, 3.63) is 59.4 Å². The maximum atomic E-state index is 12.2. The summed E-state index contributed by atoms with van der Waals surface area (Å²) in [6, 6.07) is 13.8. The van der Waals surface area contributed by atoms with E-state index < -0.39 is 10.0 Å². The molecule has 7 nitrogen and oxygen atoms in total. The number of fused-ring (bicyclic) bond motifs is 1. The second-order valence-corrected chi connectivity index (χ2v) is 8.46. The maximum absolute atomic E-state index is 12.2. The van der Waals surface area contributed by atoms with Gasteiger partial charge in [-0.3, -0.25) is 4.79 Å². The van der Waals surface area contributed by atoms with Crippen LogP contribution in [0.5, 0.6) is 0 Å². The topological polar surface area (TPSA) is 93.1 Å². The lowest BCUT2D eigenvalue weighted by Gasteiger charge is -2.10. The molecule has 0 aliphatic heterocycles. The lowest BCUT2D eigenvalue weighted by atomic mass is 10.3. The molecule has 9 heteroatoms. The molecule has 0 saturated heterocycles. The van der Waals surface area contributed by atoms with Crippen molar-refractivity contribution in [1.82, 2.24) is 19.6 Å². The van der Waals surface area contributed by atoms with Crippen molar-refractivity contribution in [2.24, 2.45) is 0 Å². The van der Waals surface area contributed by atoms with Gasteiger partial charge < -0.3 is 9.88 Å². The number of sulfonamides is 1. The fraction of sp³-hybridized carbons (Fsp3) is 0.263. The van der Waals surface area contributed by atoms with Gasteiger partial charge in [-0.15, -0.1) is 0 Å². The minimum Gasteiger partial charge on any atom is -0.354 e. The Morgan fingerprint density at radius 3 is 2.71 bits per heavy atom. The van der Waals surface area contributed by atoms with Crippen molar-refractivity contribution < 1.29 is 13.2 Å². The highest BCUT2D eigenvalue weighted by molar-refractivity contribution is 7.89. The average molecular weight is 421 g/mol. The number of carbonyl (C=O) groups is 1. The van der Waals surface area contributed by atoms with E-state index in [0.717, 1.165) is 16.9 Å². The number of benzene rings is 2. The summed E-state index contributed by atoms with van der Waals surface area (Å²) in [5.41, 5.74) is 1.94. The van der Waals surface area contributed by atoms with Crippen LogP contribution in [0.3, 0.4) is 0 Å². The van der Waals surface area contributed by atoms with Crippen molar-refractivity contribution in [2.75, 3.05) is 13.1 Å². The zero-order valence-electron chi connectivity index (χ0n) is 15.4. The van der Waals surface area contributed by atoms with Crippen LogP contribution in [-0.4, -0.2) is 37.0 Å². The molecule has 28 heavy (non-hydrogen) atoms. The van der Waals surface area contributed by atoms with Crippen LogP contribution < -0.4 is 10.0 Å². The Morgan fingerprint density at radius 2 is 1.93 bits per heavy atom. The number of amides is 1. The predicted octanol–water partition coefficient (Wildman–Crippen LogP) is 2.48. The first-order chi connectivity index (χ1) is 13.4. The Labute approximate surface area is 168 Å². The third-order valence-corrected chi connectivity index (χ3v) is 5.95. The molecule has 148 valence electrons. The third kappa shape index (κ3) is 4.89. The molecule has 0 atom stereocenters. The Morgan fingerprint density at radius 1 is 1.14 bits per heavy atom. The van der Waals surface area contributed by atoms with Gasteiger partial charge in [-0.2, -0.15) is 0 Å². The van der Waals surface area contributed by atoms with E-state index in [9.17, 15) is 13.2 Å². The lowest BCUT2D eigenvalue weighted by Crippen LogP contribution is -2.32. The molecular weight excluding hydrogens is 400 g/mol. The van der Waals surface area contributed by atoms with Crippen LogP contribution in [0.25, 0.3) is 11.0 Å². The Kier molecular flexibility index (Phi) is 6.33. The normalized spacial score (nSPS) is 11.6. The minimum atomic E-state index is -3.69. The Balaban J connectivity index is 1.46. The molecule has 0 radical (unpaired) electrons. The van der Waals surface area contributed by atoms with Crippen LogP contribution in [0.4, 0.5) is 0 Å². The van der Waals surface area contributed by atoms with E-state index in [-0.39, 0.29) is 23.8 Å². The van der Waals surface area contributed by atoms with E-state index in [2.05, 4.69) is 15.0 Å². The molecule has 3 aromatic rings. The van der Waals surface area contributed by atoms with E-state index in [1.807, 2.05) is 35.8 Å². The molecule has 2 aromatic carbocycles. The van der Waals surface area contributed by atoms with Crippen molar-refractivity contribution in [3.63, 3.8) is 0 Å². The van der Waals surface area contributed by atoms with Crippen molar-refractivity contribution >= 4 is 38.6 Å². The fourth-order valence-electron chi connectivity index (χ4n) is 2.89. The molecule has 1 aromatic heterocycles. The Hall–Kier alpha value is -2.42. The summed E-state index contributed by atoms with van der Waals surface area (Å²) < 4.78 is 28.8. The standard InChI is InChI=1S/C19H21ClN4O3S/c1-14-23-17-7-2-3-8-18(17)24(14)12-11-21-19(25)9-10-22-28(26,27)16-6-4-5-15(20)13-16/h2-8,13,22H,9-12H2,1H3,(H,21,25). The fourth-order valence-corrected chi connectivity index (χ4v) is 4.22. The minimum absolute atomic E-state index is 0.00765. The van der Waals surface area contributed by atoms with Gasteiger partial charge in [0.2, 0.25) is 15.9 Å². The number of hydrogen-bond donors (Lipinski definition) is 2. The van der Waals surface area contributed by atoms with E-state index in [1.54, 1.807) is 12.1 Å². The SMILES string of the molecule is Cc1nc2ccccc2n1CCNC(=O)CCNS(=O)(=O)c1cccc(Cl)c1. The second-order valence-electron chi connectivity index (χ2n) is 6.25. The number of rotatable bonds is 8. The summed E-state index contributed by atoms with van der Waals surface area (Å²) >= 11 is 5.82. The molecule has 0 spiro atoms. The molecule has 0 unspecified atom stereocenters. The highest BCUT2D eigenvalue weighted by Crippen LogP contribution is 2.16. The van der Waals surface area contributed by atoms with Crippen LogP contribution in [0.2, 0.25) is 5.02 Å². The number of para-hydroxylation sites is 2. The van der Waals surface area contributed by atoms with Gasteiger partial charge in [0.15, 0.2) is 0 Å². The summed E-state index contributed by atoms with van der Waals surface area (Å²) in [4.78, 5) is 16.6. The maximum Gasteiger partial charge on any atom is 0.240 e. The summed E-state index contributed by atoms with van der Waals surface area (Å²) in [7, 11) is -3.69. The molecule has 0 saturated carbocycles. The van der Waals surface area contributed by atoms with E-state index >= 15 is 0 Å². The zero-order valence-corrected chi connectivity index (χ0v) is 16.9. The highest BCUT2D eigenvalue weighted by atomic mass is 35.5. The summed E-state index contributed by atoms with van der Waals surface area (Å²) in [5.74, 6) is 0.653. The first kappa shape index (κ1) is 20.3. The lowest BCUT2D eigenvalue weighted by molar-refractivity contribution is -0.120. The molecule has 1 amide bonds. The molecule has 2 N–H and O–H groups in total. The van der Waals surface area contributed by atoms with Crippen LogP contribution >= 0.6 is 11.6 Å². The number of nitrogens with zero attached hydrogens (tertiary/aromatic N) is 2. The molecular formula is C19H21ClN4O3S. The van der Waals surface area contributed by atoms with E-state index in [1.165, 1.54) is 12.1 Å². The summed E-state index contributed by atoms with van der Waals surface area (Å²) in [5, 5.41) is 3.14. The molecule has 0 aliphatic carbocycles. The monoisotopic (exact) mass is 420 g/mol. The van der Waals surface area contributed by atoms with E-state index in [4.69, 9.17) is 11.6 Å². The average Bonchev–Trinajstić information content (AvgIpc) is 2.97. The van der Waals surface area contributed by atoms with Gasteiger partial charge in [0, 0.05) is 31.1 Å². The smallest absolute Gasteiger partial charge is 0.240 e. The quantitative estimate of drug-likeness (QED) is 0.585. The molecule has 0 aliphatic rings. The van der Waals surface area contributed by atoms with Gasteiger partial charge in [0.25, 0.3) is 0 Å². The van der Waals surface area contributed by atoms with Gasteiger partial charge in [-0.1, -0.05) is 29.8 Å². The Bertz CT molecular complexity index is 1100. The number of aryl methyl sites for hydroxylation is 1. The number of halogens is 1. The largest absolute Gasteiger partial charge is 0.354 e. The van der Waals surface area contributed by atoms with Crippen LogP contribution in [0.15, 0.2) is 53.4 Å². The number of nitrogens with one attached hydrogen (secondary N) is 2. The zero-order chi connectivity index (χ0) is 20.1. The number of aromatic nitrogens is 2. The first-order valence-corrected chi connectivity index (χ1v) is 10.7. The summed E-state index contributed by atoms with van der Waals surface area (Å²) in [6.07, 6.45) is 0.0451. The second kappa shape index (κ2) is 8.72. The van der Waals surface area contributed by atoms with Crippen LogP contribution in [0, 0.1) is 6.92 Å². The van der Waals surface area contributed by atoms with Crippen LogP contribution in [-0.2, 0) is 21.4 Å². The first-order valence-electron chi connectivity index (χ1n) is 8.80. The van der Waals surface area contributed by atoms with E-state index in [0.29, 0.717) is 18.1 Å². The van der Waals surface area contributed by atoms with Gasteiger partial charge in [-0.05, 0) is 37.3 Å². The third-order valence-electron chi connectivity index (χ3n) is 4.25. The van der Waals surface area contributed by atoms with Crippen molar-refractivity contribution in [2.45, 2.75) is 24.8 Å². The molecule has 0 fully saturated rings. The molecule has 3 rings (SSSR count). The van der Waals surface area contributed by atoms with Crippen LogP contribution in [0.1, 0.15) is 12.2 Å². The van der Waals surface area contributed by atoms with Crippen molar-refractivity contribution in [3.8, 4) is 0 Å². The predicted molar refractivity (Wildman–Crippen MR) is 109 cm³/mol. The molecule has 0 bridgehead atoms. The van der Waals surface area contributed by atoms with Gasteiger partial charge in [-0.25, -0.2) is 18.1 Å². The summed E-state index contributed by atoms with van der Waals surface area (Å²) in [6.45, 7) is 2.95. The number of imidazole rings is 1. The van der Waals surface area contributed by atoms with Crippen molar-refractivity contribution in [1.29, 1.82) is 0 Å². The molecule has 1 heterocycles.